The van der Waals surface area contributed by atoms with Crippen LogP contribution in [0.25, 0.3) is 100 Å². The zero-order chi connectivity index (χ0) is 40.2. The molecule has 0 fully saturated rings. The maximum absolute atomic E-state index is 10.9. The van der Waals surface area contributed by atoms with E-state index in [1.165, 1.54) is 10.8 Å². The summed E-state index contributed by atoms with van der Waals surface area (Å²) in [7, 11) is 0. The van der Waals surface area contributed by atoms with Gasteiger partial charge in [-0.15, -0.1) is 0 Å². The summed E-state index contributed by atoms with van der Waals surface area (Å²) in [4.78, 5) is 9.93. The average Bonchev–Trinajstić information content (AvgIpc) is 3.83. The minimum atomic E-state index is 0.350. The lowest BCUT2D eigenvalue weighted by atomic mass is 9.93. The van der Waals surface area contributed by atoms with Gasteiger partial charge >= 0.3 is 0 Å². The summed E-state index contributed by atoms with van der Waals surface area (Å²) in [6, 6.07) is 70.8. The summed E-state index contributed by atoms with van der Waals surface area (Å²) in [6.07, 6.45) is 0. The van der Waals surface area contributed by atoms with Crippen molar-refractivity contribution < 1.29 is 0 Å². The fraction of sp³-hybridized carbons (Fsp3) is 0. The molecule has 0 bridgehead atoms. The van der Waals surface area contributed by atoms with Crippen molar-refractivity contribution in [2.24, 2.45) is 0 Å². The van der Waals surface area contributed by atoms with Gasteiger partial charge in [0.25, 0.3) is 0 Å². The smallest absolute Gasteiger partial charge is 0.160 e. The first-order valence-electron chi connectivity index (χ1n) is 19.8. The van der Waals surface area contributed by atoms with Crippen LogP contribution in [0.1, 0.15) is 11.1 Å². The number of nitrogens with zero attached hydrogens (tertiary/aromatic N) is 6. The molecule has 0 amide bonds. The molecule has 3 heterocycles. The van der Waals surface area contributed by atoms with Gasteiger partial charge < -0.3 is 9.13 Å². The molecule has 0 aliphatic carbocycles. The van der Waals surface area contributed by atoms with Gasteiger partial charge in [0.1, 0.15) is 11.6 Å². The lowest BCUT2D eigenvalue weighted by Gasteiger charge is -2.15. The Morgan fingerprint density at radius 1 is 0.383 bits per heavy atom. The molecule has 11 aromatic rings. The van der Waals surface area contributed by atoms with E-state index in [9.17, 15) is 10.5 Å². The van der Waals surface area contributed by atoms with Crippen LogP contribution in [0.5, 0.6) is 0 Å². The largest absolute Gasteiger partial charge is 0.309 e. The Labute approximate surface area is 345 Å². The highest BCUT2D eigenvalue weighted by Crippen LogP contribution is 2.43. The summed E-state index contributed by atoms with van der Waals surface area (Å²) < 4.78 is 4.68. The number of hydrogen-bond donors (Lipinski definition) is 0. The number of aromatic nitrogens is 4. The number of hydrogen-bond acceptors (Lipinski definition) is 4. The van der Waals surface area contributed by atoms with Crippen LogP contribution in [-0.4, -0.2) is 19.1 Å². The van der Waals surface area contributed by atoms with E-state index in [1.54, 1.807) is 0 Å². The third-order valence-electron chi connectivity index (χ3n) is 11.4. The summed E-state index contributed by atoms with van der Waals surface area (Å²) in [5.41, 5.74) is 12.3. The maximum Gasteiger partial charge on any atom is 0.160 e. The van der Waals surface area contributed by atoms with E-state index in [2.05, 4.69) is 124 Å². The van der Waals surface area contributed by atoms with Crippen LogP contribution in [0.2, 0.25) is 0 Å². The molecule has 6 nitrogen and oxygen atoms in total. The minimum Gasteiger partial charge on any atom is -0.309 e. The summed E-state index contributed by atoms with van der Waals surface area (Å²) in [5, 5.41) is 26.1. The van der Waals surface area contributed by atoms with Crippen molar-refractivity contribution in [2.75, 3.05) is 0 Å². The second kappa shape index (κ2) is 14.1. The predicted molar refractivity (Wildman–Crippen MR) is 242 cm³/mol. The van der Waals surface area contributed by atoms with E-state index in [1.807, 2.05) is 91.0 Å². The van der Waals surface area contributed by atoms with Gasteiger partial charge in [0.15, 0.2) is 5.82 Å². The van der Waals surface area contributed by atoms with Gasteiger partial charge in [-0.05, 0) is 48.5 Å². The highest BCUT2D eigenvalue weighted by Gasteiger charge is 2.23. The van der Waals surface area contributed by atoms with Crippen molar-refractivity contribution in [1.82, 2.24) is 19.1 Å². The third kappa shape index (κ3) is 5.48. The third-order valence-corrected chi connectivity index (χ3v) is 11.4. The normalized spacial score (nSPS) is 11.3. The van der Waals surface area contributed by atoms with Crippen LogP contribution in [0.3, 0.4) is 0 Å². The van der Waals surface area contributed by atoms with Crippen LogP contribution >= 0.6 is 0 Å². The molecule has 0 N–H and O–H groups in total. The fourth-order valence-electron chi connectivity index (χ4n) is 8.76. The molecule has 0 radical (unpaired) electrons. The Morgan fingerprint density at radius 3 is 1.63 bits per heavy atom. The predicted octanol–water partition coefficient (Wildman–Crippen LogP) is 13.1. The monoisotopic (exact) mass is 764 g/mol. The van der Waals surface area contributed by atoms with Crippen LogP contribution < -0.4 is 0 Å². The van der Waals surface area contributed by atoms with Crippen LogP contribution in [0.15, 0.2) is 194 Å². The molecule has 0 spiro atoms. The van der Waals surface area contributed by atoms with Crippen molar-refractivity contribution >= 4 is 43.6 Å². The first-order chi connectivity index (χ1) is 29.7. The minimum absolute atomic E-state index is 0.350. The molecule has 0 aliphatic heterocycles. The molecule has 0 unspecified atom stereocenters. The number of para-hydroxylation sites is 4. The van der Waals surface area contributed by atoms with E-state index >= 15 is 0 Å². The van der Waals surface area contributed by atoms with E-state index in [0.717, 1.165) is 66.5 Å². The molecule has 8 aromatic carbocycles. The van der Waals surface area contributed by atoms with Crippen molar-refractivity contribution in [3.63, 3.8) is 0 Å². The summed E-state index contributed by atoms with van der Waals surface area (Å²) in [5.74, 6) is 0.503. The number of benzene rings is 8. The van der Waals surface area contributed by atoms with Crippen molar-refractivity contribution in [3.8, 4) is 68.5 Å². The molecule has 3 aromatic heterocycles. The molecule has 0 atom stereocenters. The van der Waals surface area contributed by atoms with Gasteiger partial charge in [-0.1, -0.05) is 146 Å². The second-order valence-electron chi connectivity index (χ2n) is 14.8. The van der Waals surface area contributed by atoms with E-state index < -0.39 is 0 Å². The molecule has 0 saturated heterocycles. The Kier molecular flexibility index (Phi) is 8.15. The molecule has 0 aliphatic rings. The van der Waals surface area contributed by atoms with Gasteiger partial charge in [0.05, 0.1) is 45.1 Å². The van der Waals surface area contributed by atoms with Crippen molar-refractivity contribution in [1.29, 1.82) is 10.5 Å². The first kappa shape index (κ1) is 34.7. The first-order valence-corrected chi connectivity index (χ1v) is 19.8. The van der Waals surface area contributed by atoms with Crippen LogP contribution in [0.4, 0.5) is 0 Å². The molecule has 278 valence electrons. The Balaban J connectivity index is 1.17. The molecule has 0 saturated carbocycles. The van der Waals surface area contributed by atoms with Gasteiger partial charge in [-0.3, -0.25) is 0 Å². The lowest BCUT2D eigenvalue weighted by Crippen LogP contribution is -2.01. The van der Waals surface area contributed by atoms with Crippen molar-refractivity contribution in [3.05, 3.63) is 205 Å². The molecular weight excluding hydrogens is 733 g/mol. The quantitative estimate of drug-likeness (QED) is 0.169. The topological polar surface area (TPSA) is 83.2 Å². The Bertz CT molecular complexity index is 3540. The molecule has 60 heavy (non-hydrogen) atoms. The van der Waals surface area contributed by atoms with Gasteiger partial charge in [0.2, 0.25) is 0 Å². The summed E-state index contributed by atoms with van der Waals surface area (Å²) >= 11 is 0. The van der Waals surface area contributed by atoms with Gasteiger partial charge in [-0.2, -0.15) is 10.5 Å². The van der Waals surface area contributed by atoms with Gasteiger partial charge in [0, 0.05) is 60.7 Å². The zero-order valence-corrected chi connectivity index (χ0v) is 32.2. The Morgan fingerprint density at radius 2 is 0.950 bits per heavy atom. The van der Waals surface area contributed by atoms with E-state index in [-0.39, 0.29) is 0 Å². The maximum atomic E-state index is 10.9. The average molecular weight is 765 g/mol. The number of rotatable bonds is 6. The molecular formula is C54H32N6. The SMILES string of the molecule is N#Cc1cc(-c2nc(-c3ccccc3)nc(-c3ccccc3)c2C#N)ccc1-c1cccc2c3cc4c5ccccc5n(-c5ccccc5)c4cc3n(-c3ccccc3)c12. The van der Waals surface area contributed by atoms with E-state index in [4.69, 9.17) is 9.97 Å². The molecule has 11 rings (SSSR count). The second-order valence-corrected chi connectivity index (χ2v) is 14.8. The number of fused-ring (bicyclic) bond motifs is 6. The van der Waals surface area contributed by atoms with Crippen LogP contribution in [0, 0.1) is 22.7 Å². The van der Waals surface area contributed by atoms with E-state index in [0.29, 0.717) is 33.9 Å². The van der Waals surface area contributed by atoms with Gasteiger partial charge in [-0.25, -0.2) is 9.97 Å². The standard InChI is InChI=1S/C54H32N6/c55-33-38-30-37(52-47(34-56)51(35-16-5-1-6-17-35)57-54(58-52)36-18-7-2-8-19-36)28-29-41(38)43-25-15-26-44-46-31-45-42-24-13-14-27-48(42)59(39-20-9-3-10-21-39)49(45)32-50(46)60(53(43)44)40-22-11-4-12-23-40/h1-32H. The lowest BCUT2D eigenvalue weighted by molar-refractivity contribution is 1.16. The molecule has 6 heteroatoms. The number of nitriles is 2. The Hall–Kier alpha value is -8.58. The zero-order valence-electron chi connectivity index (χ0n) is 32.2. The van der Waals surface area contributed by atoms with Crippen LogP contribution in [-0.2, 0) is 0 Å². The van der Waals surface area contributed by atoms with Crippen molar-refractivity contribution in [2.45, 2.75) is 0 Å². The highest BCUT2D eigenvalue weighted by molar-refractivity contribution is 6.21. The highest BCUT2D eigenvalue weighted by atomic mass is 15.0. The summed E-state index contributed by atoms with van der Waals surface area (Å²) in [6.45, 7) is 0. The fourth-order valence-corrected chi connectivity index (χ4v) is 8.76.